The first-order valence-corrected chi connectivity index (χ1v) is 5.22. The van der Waals surface area contributed by atoms with Crippen LogP contribution in [0.3, 0.4) is 0 Å². The molecule has 1 aromatic carbocycles. The van der Waals surface area contributed by atoms with Crippen molar-refractivity contribution in [1.29, 1.82) is 0 Å². The van der Waals surface area contributed by atoms with Crippen LogP contribution in [-0.2, 0) is 16.5 Å². The topological polar surface area (TPSA) is 37.3 Å². The van der Waals surface area contributed by atoms with E-state index in [4.69, 9.17) is 5.11 Å². The summed E-state index contributed by atoms with van der Waals surface area (Å²) in [5.74, 6) is -1.47. The van der Waals surface area contributed by atoms with Crippen LogP contribution in [0.15, 0.2) is 12.1 Å². The van der Waals surface area contributed by atoms with Gasteiger partial charge in [0.2, 0.25) is 0 Å². The lowest BCUT2D eigenvalue weighted by atomic mass is 10.0. The molecular formula is C10H10BrFO2. The molecule has 4 heteroatoms. The normalized spacial score (nSPS) is 10.2. The molecule has 0 aromatic heterocycles. The average Bonchev–Trinajstić information content (AvgIpc) is 2.09. The van der Waals surface area contributed by atoms with Gasteiger partial charge in [-0.3, -0.25) is 4.79 Å². The van der Waals surface area contributed by atoms with E-state index in [1.807, 2.05) is 0 Å². The predicted octanol–water partition coefficient (Wildman–Crippen LogP) is 2.66. The molecule has 0 aliphatic rings. The van der Waals surface area contributed by atoms with E-state index in [9.17, 15) is 9.18 Å². The van der Waals surface area contributed by atoms with Gasteiger partial charge in [-0.15, -0.1) is 0 Å². The number of carboxylic acid groups (broad SMARTS) is 1. The minimum atomic E-state index is -1.02. The fraction of sp³-hybridized carbons (Fsp3) is 0.300. The standard InChI is InChI=1S/C10H10BrFO2/c1-6-2-9(12)7(4-10(13)14)3-8(6)5-11/h2-3H,4-5H2,1H3,(H,13,14). The van der Waals surface area contributed by atoms with Gasteiger partial charge in [0.15, 0.2) is 0 Å². The van der Waals surface area contributed by atoms with Gasteiger partial charge in [0.1, 0.15) is 5.82 Å². The van der Waals surface area contributed by atoms with Crippen molar-refractivity contribution in [3.05, 3.63) is 34.6 Å². The Morgan fingerprint density at radius 3 is 2.64 bits per heavy atom. The summed E-state index contributed by atoms with van der Waals surface area (Å²) in [4.78, 5) is 10.4. The van der Waals surface area contributed by atoms with Crippen LogP contribution in [0.1, 0.15) is 16.7 Å². The number of rotatable bonds is 3. The van der Waals surface area contributed by atoms with Crippen molar-refractivity contribution >= 4 is 21.9 Å². The summed E-state index contributed by atoms with van der Waals surface area (Å²) in [6, 6.07) is 2.96. The van der Waals surface area contributed by atoms with Crippen molar-refractivity contribution in [2.45, 2.75) is 18.7 Å². The van der Waals surface area contributed by atoms with E-state index in [-0.39, 0.29) is 12.0 Å². The molecule has 0 aliphatic carbocycles. The van der Waals surface area contributed by atoms with Gasteiger partial charge in [-0.1, -0.05) is 22.0 Å². The van der Waals surface area contributed by atoms with Gasteiger partial charge in [0.25, 0.3) is 0 Å². The van der Waals surface area contributed by atoms with E-state index in [0.29, 0.717) is 5.33 Å². The molecule has 0 heterocycles. The monoisotopic (exact) mass is 260 g/mol. The largest absolute Gasteiger partial charge is 0.481 e. The molecule has 0 aliphatic heterocycles. The zero-order valence-corrected chi connectivity index (χ0v) is 9.27. The summed E-state index contributed by atoms with van der Waals surface area (Å²) >= 11 is 3.26. The van der Waals surface area contributed by atoms with E-state index >= 15 is 0 Å². The van der Waals surface area contributed by atoms with Crippen molar-refractivity contribution in [1.82, 2.24) is 0 Å². The van der Waals surface area contributed by atoms with Crippen molar-refractivity contribution in [3.63, 3.8) is 0 Å². The van der Waals surface area contributed by atoms with E-state index in [1.165, 1.54) is 6.07 Å². The summed E-state index contributed by atoms with van der Waals surface area (Å²) in [7, 11) is 0. The van der Waals surface area contributed by atoms with Crippen LogP contribution in [0.5, 0.6) is 0 Å². The van der Waals surface area contributed by atoms with Gasteiger partial charge in [-0.25, -0.2) is 4.39 Å². The number of benzene rings is 1. The molecule has 0 saturated heterocycles. The van der Waals surface area contributed by atoms with Crippen LogP contribution in [-0.4, -0.2) is 11.1 Å². The van der Waals surface area contributed by atoms with Crippen LogP contribution < -0.4 is 0 Å². The van der Waals surface area contributed by atoms with Gasteiger partial charge >= 0.3 is 5.97 Å². The molecule has 1 aromatic rings. The molecule has 0 radical (unpaired) electrons. The lowest BCUT2D eigenvalue weighted by Crippen LogP contribution is -2.04. The van der Waals surface area contributed by atoms with Crippen molar-refractivity contribution in [2.24, 2.45) is 0 Å². The summed E-state index contributed by atoms with van der Waals surface area (Å²) in [6.07, 6.45) is -0.272. The zero-order valence-electron chi connectivity index (χ0n) is 7.68. The van der Waals surface area contributed by atoms with Gasteiger partial charge in [0.05, 0.1) is 6.42 Å². The van der Waals surface area contributed by atoms with Gasteiger partial charge in [-0.2, -0.15) is 0 Å². The Morgan fingerprint density at radius 2 is 2.14 bits per heavy atom. The maximum Gasteiger partial charge on any atom is 0.307 e. The Bertz CT molecular complexity index is 363. The van der Waals surface area contributed by atoms with E-state index in [1.54, 1.807) is 13.0 Å². The third-order valence-electron chi connectivity index (χ3n) is 1.99. The lowest BCUT2D eigenvalue weighted by molar-refractivity contribution is -0.136. The fourth-order valence-electron chi connectivity index (χ4n) is 1.21. The second-order valence-corrected chi connectivity index (χ2v) is 3.63. The Hall–Kier alpha value is -0.900. The SMILES string of the molecule is Cc1cc(F)c(CC(=O)O)cc1CBr. The summed E-state index contributed by atoms with van der Waals surface area (Å²) in [5, 5.41) is 9.15. The van der Waals surface area contributed by atoms with E-state index in [2.05, 4.69) is 15.9 Å². The van der Waals surface area contributed by atoms with Crippen LogP contribution in [0.2, 0.25) is 0 Å². The van der Waals surface area contributed by atoms with Crippen LogP contribution in [0.4, 0.5) is 4.39 Å². The molecule has 0 saturated carbocycles. The second-order valence-electron chi connectivity index (χ2n) is 3.07. The third-order valence-corrected chi connectivity index (χ3v) is 2.59. The minimum absolute atomic E-state index is 0.234. The fourth-order valence-corrected chi connectivity index (χ4v) is 1.82. The van der Waals surface area contributed by atoms with Crippen molar-refractivity contribution in [3.8, 4) is 0 Å². The molecule has 0 unspecified atom stereocenters. The maximum atomic E-state index is 13.2. The Labute approximate surface area is 89.9 Å². The Kier molecular flexibility index (Phi) is 3.63. The highest BCUT2D eigenvalue weighted by atomic mass is 79.9. The molecule has 76 valence electrons. The molecule has 0 fully saturated rings. The molecule has 0 spiro atoms. The molecule has 2 nitrogen and oxygen atoms in total. The van der Waals surface area contributed by atoms with Gasteiger partial charge < -0.3 is 5.11 Å². The molecule has 1 rings (SSSR count). The van der Waals surface area contributed by atoms with Crippen molar-refractivity contribution in [2.75, 3.05) is 0 Å². The number of aliphatic carboxylic acids is 1. The predicted molar refractivity (Wildman–Crippen MR) is 55.1 cm³/mol. The smallest absolute Gasteiger partial charge is 0.307 e. The quantitative estimate of drug-likeness (QED) is 0.849. The number of hydrogen-bond donors (Lipinski definition) is 1. The van der Waals surface area contributed by atoms with Gasteiger partial charge in [-0.05, 0) is 29.7 Å². The van der Waals surface area contributed by atoms with Crippen LogP contribution in [0.25, 0.3) is 0 Å². The number of aryl methyl sites for hydroxylation is 1. The first-order valence-electron chi connectivity index (χ1n) is 4.10. The van der Waals surface area contributed by atoms with E-state index < -0.39 is 11.8 Å². The molecule has 14 heavy (non-hydrogen) atoms. The molecule has 0 amide bonds. The van der Waals surface area contributed by atoms with Crippen LogP contribution in [0, 0.1) is 12.7 Å². The first-order chi connectivity index (χ1) is 6.54. The molecular weight excluding hydrogens is 251 g/mol. The number of alkyl halides is 1. The zero-order chi connectivity index (χ0) is 10.7. The van der Waals surface area contributed by atoms with E-state index in [0.717, 1.165) is 11.1 Å². The highest BCUT2D eigenvalue weighted by molar-refractivity contribution is 9.08. The highest BCUT2D eigenvalue weighted by Crippen LogP contribution is 2.18. The molecule has 0 bridgehead atoms. The molecule has 0 atom stereocenters. The van der Waals surface area contributed by atoms with Crippen LogP contribution >= 0.6 is 15.9 Å². The Balaban J connectivity index is 3.10. The third kappa shape index (κ3) is 2.54. The Morgan fingerprint density at radius 1 is 1.50 bits per heavy atom. The minimum Gasteiger partial charge on any atom is -0.481 e. The second kappa shape index (κ2) is 4.55. The average molecular weight is 261 g/mol. The lowest BCUT2D eigenvalue weighted by Gasteiger charge is -2.06. The van der Waals surface area contributed by atoms with Gasteiger partial charge in [0, 0.05) is 5.33 Å². The van der Waals surface area contributed by atoms with Crippen molar-refractivity contribution < 1.29 is 14.3 Å². The highest BCUT2D eigenvalue weighted by Gasteiger charge is 2.09. The maximum absolute atomic E-state index is 13.2. The number of carbonyl (C=O) groups is 1. The first kappa shape index (κ1) is 11.2. The summed E-state index contributed by atoms with van der Waals surface area (Å²) < 4.78 is 13.2. The summed E-state index contributed by atoms with van der Waals surface area (Å²) in [6.45, 7) is 1.80. The number of hydrogen-bond acceptors (Lipinski definition) is 1. The molecule has 1 N–H and O–H groups in total. The number of carboxylic acids is 1. The number of halogens is 2. The summed E-state index contributed by atoms with van der Waals surface area (Å²) in [5.41, 5.74) is 1.98.